The van der Waals surface area contributed by atoms with Gasteiger partial charge in [-0.25, -0.2) is 0 Å². The summed E-state index contributed by atoms with van der Waals surface area (Å²) in [5, 5.41) is 10.7. The molecule has 1 aliphatic heterocycles. The molecule has 156 valence electrons. The number of halogens is 2. The summed E-state index contributed by atoms with van der Waals surface area (Å²) in [6.45, 7) is 2.12. The number of carbonyl (C=O) groups is 1. The largest absolute Gasteiger partial charge is 0.420 e. The summed E-state index contributed by atoms with van der Waals surface area (Å²) in [5.74, 6) is 0.735. The molecular weight excluding hydrogens is 435 g/mol. The lowest BCUT2D eigenvalue weighted by Crippen LogP contribution is -2.48. The minimum absolute atomic E-state index is 0.0408. The second-order valence-corrected chi connectivity index (χ2v) is 7.86. The predicted molar refractivity (Wildman–Crippen MR) is 121 cm³/mol. The van der Waals surface area contributed by atoms with Crippen molar-refractivity contribution in [3.8, 4) is 6.07 Å². The molecule has 2 aromatic carbocycles. The first-order chi connectivity index (χ1) is 15.0. The predicted octanol–water partition coefficient (Wildman–Crippen LogP) is 4.99. The van der Waals surface area contributed by atoms with E-state index in [1.54, 1.807) is 47.4 Å². The number of hydrogen-bond donors (Lipinski definition) is 0. The van der Waals surface area contributed by atoms with Gasteiger partial charge >= 0.3 is 0 Å². The highest BCUT2D eigenvalue weighted by atomic mass is 35.5. The zero-order valence-electron chi connectivity index (χ0n) is 16.5. The number of oxazole rings is 1. The molecule has 0 unspecified atom stereocenters. The number of rotatable bonds is 4. The summed E-state index contributed by atoms with van der Waals surface area (Å²) in [7, 11) is 0. The Labute approximate surface area is 189 Å². The zero-order chi connectivity index (χ0) is 21.8. The molecule has 8 heteroatoms. The van der Waals surface area contributed by atoms with Crippen LogP contribution in [0.25, 0.3) is 12.2 Å². The molecule has 0 aliphatic carbocycles. The van der Waals surface area contributed by atoms with Gasteiger partial charge in [0.25, 0.3) is 5.91 Å². The van der Waals surface area contributed by atoms with Crippen LogP contribution < -0.4 is 4.90 Å². The summed E-state index contributed by atoms with van der Waals surface area (Å²) in [4.78, 5) is 20.7. The standard InChI is InChI=1S/C23H18Cl2N4O2/c24-18-6-1-16(2-7-18)3-10-21-27-20(15-26)23(31-21)29-13-11-28(12-14-29)22(30)17-4-8-19(25)9-5-17/h1-10H,11-14H2/b10-3+. The molecule has 0 atom stereocenters. The molecule has 1 amide bonds. The Bertz CT molecular complexity index is 1140. The Morgan fingerprint density at radius 3 is 2.19 bits per heavy atom. The van der Waals surface area contributed by atoms with Crippen molar-refractivity contribution < 1.29 is 9.21 Å². The van der Waals surface area contributed by atoms with Gasteiger partial charge in [-0.15, -0.1) is 0 Å². The summed E-state index contributed by atoms with van der Waals surface area (Å²) in [5.41, 5.74) is 1.77. The minimum atomic E-state index is -0.0408. The van der Waals surface area contributed by atoms with E-state index < -0.39 is 0 Å². The van der Waals surface area contributed by atoms with E-state index >= 15 is 0 Å². The molecule has 1 saturated heterocycles. The smallest absolute Gasteiger partial charge is 0.253 e. The topological polar surface area (TPSA) is 73.4 Å². The van der Waals surface area contributed by atoms with Crippen LogP contribution in [0.4, 0.5) is 5.88 Å². The number of benzene rings is 2. The van der Waals surface area contributed by atoms with Gasteiger partial charge in [0.2, 0.25) is 17.5 Å². The number of anilines is 1. The van der Waals surface area contributed by atoms with Crippen LogP contribution in [0, 0.1) is 11.3 Å². The molecule has 1 aliphatic rings. The number of piperazine rings is 1. The summed E-state index contributed by atoms with van der Waals surface area (Å²) < 4.78 is 5.85. The van der Waals surface area contributed by atoms with Crippen molar-refractivity contribution in [3.63, 3.8) is 0 Å². The number of nitrogens with zero attached hydrogens (tertiary/aromatic N) is 4. The summed E-state index contributed by atoms with van der Waals surface area (Å²) in [6, 6.07) is 16.3. The summed E-state index contributed by atoms with van der Waals surface area (Å²) in [6.07, 6.45) is 3.56. The quantitative estimate of drug-likeness (QED) is 0.557. The van der Waals surface area contributed by atoms with E-state index in [0.29, 0.717) is 53.6 Å². The van der Waals surface area contributed by atoms with E-state index in [2.05, 4.69) is 11.1 Å². The number of amides is 1. The number of aromatic nitrogens is 1. The Hall–Kier alpha value is -3.27. The van der Waals surface area contributed by atoms with E-state index in [1.165, 1.54) is 0 Å². The minimum Gasteiger partial charge on any atom is -0.420 e. The maximum atomic E-state index is 12.7. The first-order valence-corrected chi connectivity index (χ1v) is 10.4. The van der Waals surface area contributed by atoms with Gasteiger partial charge in [0.05, 0.1) is 0 Å². The Morgan fingerprint density at radius 1 is 0.968 bits per heavy atom. The first kappa shape index (κ1) is 21.0. The second-order valence-electron chi connectivity index (χ2n) is 6.99. The lowest BCUT2D eigenvalue weighted by Gasteiger charge is -2.34. The van der Waals surface area contributed by atoms with E-state index in [9.17, 15) is 10.1 Å². The van der Waals surface area contributed by atoms with Gasteiger partial charge in [0.15, 0.2) is 0 Å². The third kappa shape index (κ3) is 4.91. The highest BCUT2D eigenvalue weighted by Gasteiger charge is 2.26. The molecule has 2 heterocycles. The van der Waals surface area contributed by atoms with E-state index in [1.807, 2.05) is 23.1 Å². The molecule has 3 aromatic rings. The molecule has 1 fully saturated rings. The van der Waals surface area contributed by atoms with Gasteiger partial charge in [0, 0.05) is 47.9 Å². The normalized spacial score (nSPS) is 14.1. The Morgan fingerprint density at radius 2 is 1.58 bits per heavy atom. The average Bonchev–Trinajstić information content (AvgIpc) is 3.22. The van der Waals surface area contributed by atoms with Gasteiger partial charge in [-0.05, 0) is 48.0 Å². The SMILES string of the molecule is N#Cc1nc(/C=C/c2ccc(Cl)cc2)oc1N1CCN(C(=O)c2ccc(Cl)cc2)CC1. The monoisotopic (exact) mass is 452 g/mol. The van der Waals surface area contributed by atoms with Crippen LogP contribution in [0.2, 0.25) is 10.0 Å². The van der Waals surface area contributed by atoms with E-state index in [-0.39, 0.29) is 11.6 Å². The van der Waals surface area contributed by atoms with Crippen molar-refractivity contribution in [2.75, 3.05) is 31.1 Å². The maximum Gasteiger partial charge on any atom is 0.253 e. The lowest BCUT2D eigenvalue weighted by atomic mass is 10.2. The van der Waals surface area contributed by atoms with Crippen LogP contribution >= 0.6 is 23.2 Å². The van der Waals surface area contributed by atoms with Gasteiger partial charge in [-0.3, -0.25) is 4.79 Å². The Balaban J connectivity index is 1.43. The van der Waals surface area contributed by atoms with Gasteiger partial charge in [0.1, 0.15) is 6.07 Å². The average molecular weight is 453 g/mol. The Kier molecular flexibility index (Phi) is 6.26. The molecule has 0 radical (unpaired) electrons. The molecule has 0 N–H and O–H groups in total. The van der Waals surface area contributed by atoms with Crippen molar-refractivity contribution in [2.24, 2.45) is 0 Å². The zero-order valence-corrected chi connectivity index (χ0v) is 18.0. The first-order valence-electron chi connectivity index (χ1n) is 9.68. The number of hydrogen-bond acceptors (Lipinski definition) is 5. The third-order valence-corrected chi connectivity index (χ3v) is 5.47. The van der Waals surface area contributed by atoms with Gasteiger partial charge in [-0.2, -0.15) is 10.2 Å². The number of nitriles is 1. The van der Waals surface area contributed by atoms with Crippen LogP contribution in [0.1, 0.15) is 27.5 Å². The van der Waals surface area contributed by atoms with Gasteiger partial charge in [-0.1, -0.05) is 35.3 Å². The number of carbonyl (C=O) groups excluding carboxylic acids is 1. The molecule has 0 saturated carbocycles. The second kappa shape index (κ2) is 9.25. The van der Waals surface area contributed by atoms with E-state index in [0.717, 1.165) is 5.56 Å². The summed E-state index contributed by atoms with van der Waals surface area (Å²) >= 11 is 11.8. The highest BCUT2D eigenvalue weighted by molar-refractivity contribution is 6.30. The lowest BCUT2D eigenvalue weighted by molar-refractivity contribution is 0.0745. The molecular formula is C23H18Cl2N4O2. The molecule has 31 heavy (non-hydrogen) atoms. The van der Waals surface area contributed by atoms with Crippen LogP contribution in [0.15, 0.2) is 52.9 Å². The fourth-order valence-corrected chi connectivity index (χ4v) is 3.57. The molecule has 0 bridgehead atoms. The van der Waals surface area contributed by atoms with Crippen LogP contribution in [-0.2, 0) is 0 Å². The third-order valence-electron chi connectivity index (χ3n) is 4.97. The molecule has 0 spiro atoms. The fraction of sp³-hybridized carbons (Fsp3) is 0.174. The molecule has 1 aromatic heterocycles. The van der Waals surface area contributed by atoms with E-state index in [4.69, 9.17) is 27.6 Å². The van der Waals surface area contributed by atoms with Gasteiger partial charge < -0.3 is 14.2 Å². The van der Waals surface area contributed by atoms with Crippen molar-refractivity contribution >= 4 is 47.1 Å². The van der Waals surface area contributed by atoms with Crippen LogP contribution in [-0.4, -0.2) is 42.0 Å². The fourth-order valence-electron chi connectivity index (χ4n) is 3.32. The highest BCUT2D eigenvalue weighted by Crippen LogP contribution is 2.25. The molecule has 4 rings (SSSR count). The van der Waals surface area contributed by atoms with Crippen molar-refractivity contribution in [1.29, 1.82) is 5.26 Å². The molecule has 6 nitrogen and oxygen atoms in total. The van der Waals surface area contributed by atoms with Crippen molar-refractivity contribution in [1.82, 2.24) is 9.88 Å². The van der Waals surface area contributed by atoms with Crippen molar-refractivity contribution in [2.45, 2.75) is 0 Å². The van der Waals surface area contributed by atoms with Crippen molar-refractivity contribution in [3.05, 3.63) is 81.3 Å². The maximum absolute atomic E-state index is 12.7. The van der Waals surface area contributed by atoms with Crippen LogP contribution in [0.3, 0.4) is 0 Å². The van der Waals surface area contributed by atoms with Crippen LogP contribution in [0.5, 0.6) is 0 Å².